The number of hydrogen-bond donors (Lipinski definition) is 0. The molecule has 0 radical (unpaired) electrons. The normalized spacial score (nSPS) is 12.5. The van der Waals surface area contributed by atoms with Crippen LogP contribution in [0.1, 0.15) is 20.3 Å². The minimum atomic E-state index is 0. The third-order valence-electron chi connectivity index (χ3n) is 0.612. The maximum atomic E-state index is 6.83. The molecular weight excluding hydrogens is 101 g/mol. The summed E-state index contributed by atoms with van der Waals surface area (Å²) in [5.74, 6) is 0. The van der Waals surface area contributed by atoms with Gasteiger partial charge in [0, 0.05) is 0 Å². The monoisotopic (exact) mass is 111 g/mol. The zero-order chi connectivity index (χ0) is 4.28. The van der Waals surface area contributed by atoms with Gasteiger partial charge in [-0.1, -0.05) is 20.3 Å². The van der Waals surface area contributed by atoms with E-state index in [4.69, 9.17) is 5.73 Å². The van der Waals surface area contributed by atoms with Gasteiger partial charge in [-0.2, -0.15) is 0 Å². The van der Waals surface area contributed by atoms with E-state index in [2.05, 4.69) is 0 Å². The van der Waals surface area contributed by atoms with Crippen molar-refractivity contribution in [2.45, 2.75) is 26.3 Å². The van der Waals surface area contributed by atoms with Crippen molar-refractivity contribution in [3.63, 3.8) is 0 Å². The third-order valence-corrected chi connectivity index (χ3v) is 0.612. The van der Waals surface area contributed by atoms with Crippen molar-refractivity contribution in [2.75, 3.05) is 0 Å². The fraction of sp³-hybridized carbons (Fsp3) is 1.00. The molecule has 0 aliphatic heterocycles. The van der Waals surface area contributed by atoms with Crippen molar-refractivity contribution in [3.05, 3.63) is 5.73 Å². The van der Waals surface area contributed by atoms with Crippen LogP contribution in [0.2, 0.25) is 0 Å². The van der Waals surface area contributed by atoms with E-state index in [9.17, 15) is 0 Å². The van der Waals surface area contributed by atoms with Crippen LogP contribution >= 0.6 is 0 Å². The Morgan fingerprint density at radius 1 is 1.67 bits per heavy atom. The summed E-state index contributed by atoms with van der Waals surface area (Å²) in [6.07, 6.45) is 0.972. The maximum Gasteiger partial charge on any atom is 1.00 e. The van der Waals surface area contributed by atoms with Crippen molar-refractivity contribution in [2.24, 2.45) is 0 Å². The van der Waals surface area contributed by atoms with Gasteiger partial charge in [-0.15, -0.1) is 6.04 Å². The molecule has 0 bridgehead atoms. The van der Waals surface area contributed by atoms with E-state index in [-0.39, 0.29) is 57.4 Å². The second-order valence-electron chi connectivity index (χ2n) is 1.31. The molecule has 0 heterocycles. The van der Waals surface area contributed by atoms with Crippen LogP contribution in [-0.4, -0.2) is 6.04 Å². The molecule has 0 aromatic rings. The molecule has 0 rings (SSSR count). The molecule has 0 aromatic carbocycles. The van der Waals surface area contributed by atoms with Gasteiger partial charge in [0.15, 0.2) is 0 Å². The summed E-state index contributed by atoms with van der Waals surface area (Å²) >= 11 is 0. The average Bonchev–Trinajstić information content (AvgIpc) is 1.38. The van der Waals surface area contributed by atoms with Crippen LogP contribution in [0.3, 0.4) is 0 Å². The molecule has 0 amide bonds. The first-order valence-corrected chi connectivity index (χ1v) is 1.98. The fourth-order valence-corrected chi connectivity index (χ4v) is 0. The Kier molecular flexibility index (Phi) is 11.6. The molecule has 0 saturated heterocycles. The van der Waals surface area contributed by atoms with Crippen molar-refractivity contribution in [3.8, 4) is 0 Å². The predicted molar refractivity (Wildman–Crippen MR) is 24.1 cm³/mol. The van der Waals surface area contributed by atoms with Gasteiger partial charge in [-0.3, -0.25) is 0 Å². The Morgan fingerprint density at radius 2 is 1.83 bits per heavy atom. The molecule has 2 heteroatoms. The number of rotatable bonds is 1. The van der Waals surface area contributed by atoms with Crippen LogP contribution in [-0.2, 0) is 0 Å². The Labute approximate surface area is 82.1 Å². The molecule has 0 aliphatic carbocycles. The predicted octanol–water partition coefficient (Wildman–Crippen LogP) is -1.16. The molecule has 1 nitrogen and oxygen atoms in total. The molecule has 0 aliphatic rings. The summed E-state index contributed by atoms with van der Waals surface area (Å²) in [5.41, 5.74) is 6.83. The zero-order valence-electron chi connectivity index (χ0n) is 4.78. The molecule has 6 heavy (non-hydrogen) atoms. The molecule has 0 saturated carbocycles. The molecule has 32 valence electrons. The summed E-state index contributed by atoms with van der Waals surface area (Å²) < 4.78 is 0. The van der Waals surface area contributed by atoms with Gasteiger partial charge in [0.05, 0.1) is 0 Å². The third kappa shape index (κ3) is 9.14. The van der Waals surface area contributed by atoms with E-state index >= 15 is 0 Å². The largest absolute Gasteiger partial charge is 1.00 e. The Balaban J connectivity index is 0. The quantitative estimate of drug-likeness (QED) is 0.381. The Hall–Kier alpha value is 1.60. The second kappa shape index (κ2) is 6.60. The average molecular weight is 111 g/mol. The van der Waals surface area contributed by atoms with Crippen LogP contribution in [0.15, 0.2) is 0 Å². The fourth-order valence-electron chi connectivity index (χ4n) is 0. The summed E-state index contributed by atoms with van der Waals surface area (Å²) in [7, 11) is 0. The summed E-state index contributed by atoms with van der Waals surface area (Å²) in [5, 5.41) is 0. The van der Waals surface area contributed by atoms with Gasteiger partial charge < -0.3 is 5.73 Å². The first-order chi connectivity index (χ1) is 2.27. The minimum absolute atomic E-state index is 0. The maximum absolute atomic E-state index is 6.83. The number of nitrogens with one attached hydrogen (secondary N) is 1. The number of hydrogen-bond acceptors (Lipinski definition) is 0. The topological polar surface area (TPSA) is 23.8 Å². The van der Waals surface area contributed by atoms with Gasteiger partial charge in [-0.25, -0.2) is 0 Å². The smallest absolute Gasteiger partial charge is 0.675 e. The van der Waals surface area contributed by atoms with Crippen molar-refractivity contribution < 1.29 is 51.4 Å². The summed E-state index contributed by atoms with van der Waals surface area (Å²) in [6, 6.07) is 0.134. The molecule has 0 fully saturated rings. The van der Waals surface area contributed by atoms with E-state index in [1.54, 1.807) is 0 Å². The minimum Gasteiger partial charge on any atom is -0.675 e. The van der Waals surface area contributed by atoms with Crippen LogP contribution in [0.5, 0.6) is 0 Å². The van der Waals surface area contributed by atoms with Gasteiger partial charge in [0.2, 0.25) is 0 Å². The van der Waals surface area contributed by atoms with Crippen molar-refractivity contribution in [1.82, 2.24) is 0 Å². The zero-order valence-corrected chi connectivity index (χ0v) is 7.91. The SMILES string of the molecule is CCC(C)[NH-].[K+]. The van der Waals surface area contributed by atoms with Crippen molar-refractivity contribution >= 4 is 0 Å². The van der Waals surface area contributed by atoms with Crippen molar-refractivity contribution in [1.29, 1.82) is 0 Å². The molecular formula is C4H10KN. The molecule has 0 aromatic heterocycles. The van der Waals surface area contributed by atoms with E-state index in [1.165, 1.54) is 0 Å². The van der Waals surface area contributed by atoms with Crippen LogP contribution in [0, 0.1) is 0 Å². The van der Waals surface area contributed by atoms with Crippen LogP contribution < -0.4 is 51.4 Å². The van der Waals surface area contributed by atoms with E-state index in [0.717, 1.165) is 6.42 Å². The van der Waals surface area contributed by atoms with E-state index in [0.29, 0.717) is 0 Å². The van der Waals surface area contributed by atoms with E-state index in [1.807, 2.05) is 13.8 Å². The van der Waals surface area contributed by atoms with Crippen LogP contribution in [0.25, 0.3) is 5.73 Å². The summed E-state index contributed by atoms with van der Waals surface area (Å²) in [6.45, 7) is 3.90. The van der Waals surface area contributed by atoms with Gasteiger partial charge >= 0.3 is 51.4 Å². The first kappa shape index (κ1) is 10.6. The van der Waals surface area contributed by atoms with E-state index < -0.39 is 0 Å². The second-order valence-corrected chi connectivity index (χ2v) is 1.31. The first-order valence-electron chi connectivity index (χ1n) is 1.98. The Morgan fingerprint density at radius 3 is 1.83 bits per heavy atom. The van der Waals surface area contributed by atoms with Crippen LogP contribution in [0.4, 0.5) is 0 Å². The van der Waals surface area contributed by atoms with Gasteiger partial charge in [-0.05, 0) is 0 Å². The summed E-state index contributed by atoms with van der Waals surface area (Å²) in [4.78, 5) is 0. The standard InChI is InChI=1S/C4H10N.K/c1-3-4(2)5;/h4-5H,3H2,1-2H3;/q-1;+1. The molecule has 1 unspecified atom stereocenters. The molecule has 1 N–H and O–H groups in total. The van der Waals surface area contributed by atoms with Gasteiger partial charge in [0.1, 0.15) is 0 Å². The molecule has 0 spiro atoms. The Bertz CT molecular complexity index is 21.5. The van der Waals surface area contributed by atoms with Gasteiger partial charge in [0.25, 0.3) is 0 Å². The molecule has 1 atom stereocenters.